The smallest absolute Gasteiger partial charge is 0.240 e. The summed E-state index contributed by atoms with van der Waals surface area (Å²) in [5.41, 5.74) is 3.43. The summed E-state index contributed by atoms with van der Waals surface area (Å²) in [6, 6.07) is 14.5. The summed E-state index contributed by atoms with van der Waals surface area (Å²) in [6.45, 7) is 11.7. The first-order valence-corrected chi connectivity index (χ1v) is 11.3. The molecule has 0 radical (unpaired) electrons. The second-order valence-electron chi connectivity index (χ2n) is 5.92. The van der Waals surface area contributed by atoms with E-state index in [4.69, 9.17) is 26.9 Å². The normalized spacial score (nSPS) is 9.19. The van der Waals surface area contributed by atoms with E-state index in [1.165, 1.54) is 0 Å². The molecule has 3 rings (SSSR count). The highest BCUT2D eigenvalue weighted by molar-refractivity contribution is 9.10. The zero-order valence-electron chi connectivity index (χ0n) is 18.9. The van der Waals surface area contributed by atoms with Gasteiger partial charge in [0.2, 0.25) is 11.8 Å². The number of nitrogens with zero attached hydrogens (tertiary/aromatic N) is 4. The number of benzene rings is 2. The van der Waals surface area contributed by atoms with Crippen LogP contribution < -0.4 is 10.1 Å². The van der Waals surface area contributed by atoms with Crippen molar-refractivity contribution in [2.24, 2.45) is 0 Å². The van der Waals surface area contributed by atoms with Gasteiger partial charge in [0.1, 0.15) is 10.2 Å². The van der Waals surface area contributed by atoms with Gasteiger partial charge >= 0.3 is 0 Å². The molecule has 2 aromatic carbocycles. The molecule has 0 aliphatic carbocycles. The zero-order valence-corrected chi connectivity index (χ0v) is 21.3. The standard InChI is InChI=1S/C20H13BrClN5O.2C2H6/c1-11-7-14(10-24)8-12(2)17(11)28-19-16(21)18(22)26-20(27-19)25-15-5-3-13(9-23)4-6-15;2*1-2/h3-8H,1-2H3,(H,25,26,27);2*1-2H3. The van der Waals surface area contributed by atoms with Gasteiger partial charge in [-0.25, -0.2) is 0 Å². The van der Waals surface area contributed by atoms with Crippen LogP contribution in [0.25, 0.3) is 0 Å². The van der Waals surface area contributed by atoms with Crippen molar-refractivity contribution in [3.63, 3.8) is 0 Å². The Labute approximate surface area is 203 Å². The maximum atomic E-state index is 9.09. The first kappa shape index (κ1) is 26.9. The summed E-state index contributed by atoms with van der Waals surface area (Å²) in [7, 11) is 0. The monoisotopic (exact) mass is 513 g/mol. The Balaban J connectivity index is 0.00000121. The maximum absolute atomic E-state index is 9.09. The van der Waals surface area contributed by atoms with E-state index in [9.17, 15) is 0 Å². The van der Waals surface area contributed by atoms with Gasteiger partial charge in [0.15, 0.2) is 5.15 Å². The van der Waals surface area contributed by atoms with Crippen LogP contribution in [0.15, 0.2) is 40.9 Å². The summed E-state index contributed by atoms with van der Waals surface area (Å²) < 4.78 is 6.41. The van der Waals surface area contributed by atoms with Crippen molar-refractivity contribution >= 4 is 39.2 Å². The molecule has 0 bridgehead atoms. The number of aromatic nitrogens is 2. The summed E-state index contributed by atoms with van der Waals surface area (Å²) >= 11 is 9.58. The fourth-order valence-electron chi connectivity index (χ4n) is 2.55. The molecule has 0 atom stereocenters. The van der Waals surface area contributed by atoms with Crippen LogP contribution >= 0.6 is 27.5 Å². The quantitative estimate of drug-likeness (QED) is 0.356. The Morgan fingerprint density at radius 3 is 1.94 bits per heavy atom. The van der Waals surface area contributed by atoms with Crippen LogP contribution in [-0.4, -0.2) is 9.97 Å². The van der Waals surface area contributed by atoms with Gasteiger partial charge in [-0.05, 0) is 77.3 Å². The Morgan fingerprint density at radius 2 is 1.44 bits per heavy atom. The fourth-order valence-corrected chi connectivity index (χ4v) is 2.97. The minimum absolute atomic E-state index is 0.185. The van der Waals surface area contributed by atoms with E-state index in [1.807, 2.05) is 41.5 Å². The minimum atomic E-state index is 0.185. The lowest BCUT2D eigenvalue weighted by Gasteiger charge is -2.14. The molecule has 0 fully saturated rings. The van der Waals surface area contributed by atoms with E-state index < -0.39 is 0 Å². The lowest BCUT2D eigenvalue weighted by molar-refractivity contribution is 0.452. The number of anilines is 2. The Kier molecular flexibility index (Phi) is 11.2. The molecule has 0 spiro atoms. The molecule has 0 saturated carbocycles. The minimum Gasteiger partial charge on any atom is -0.437 e. The largest absolute Gasteiger partial charge is 0.437 e. The number of hydrogen-bond acceptors (Lipinski definition) is 6. The Morgan fingerprint density at radius 1 is 0.906 bits per heavy atom. The van der Waals surface area contributed by atoms with Crippen molar-refractivity contribution in [1.82, 2.24) is 9.97 Å². The molecular formula is C24H25BrClN5O. The third kappa shape index (κ3) is 6.95. The topological polar surface area (TPSA) is 94.6 Å². The summed E-state index contributed by atoms with van der Waals surface area (Å²) in [5.74, 6) is 1.09. The summed E-state index contributed by atoms with van der Waals surface area (Å²) in [5, 5.41) is 21.2. The van der Waals surface area contributed by atoms with Crippen LogP contribution in [0.2, 0.25) is 5.15 Å². The second kappa shape index (κ2) is 13.3. The van der Waals surface area contributed by atoms with Gasteiger partial charge in [0.25, 0.3) is 0 Å². The number of rotatable bonds is 4. The van der Waals surface area contributed by atoms with E-state index in [0.29, 0.717) is 27.0 Å². The number of hydrogen-bond donors (Lipinski definition) is 1. The molecule has 3 aromatic rings. The first-order chi connectivity index (χ1) is 15.4. The predicted octanol–water partition coefficient (Wildman–Crippen LogP) is 7.84. The van der Waals surface area contributed by atoms with Crippen LogP contribution in [0, 0.1) is 36.5 Å². The summed E-state index contributed by atoms with van der Waals surface area (Å²) in [6.07, 6.45) is 0. The van der Waals surface area contributed by atoms with Gasteiger partial charge in [0.05, 0.1) is 23.3 Å². The van der Waals surface area contributed by atoms with Crippen molar-refractivity contribution in [2.75, 3.05) is 5.32 Å². The maximum Gasteiger partial charge on any atom is 0.240 e. The molecule has 0 amide bonds. The summed E-state index contributed by atoms with van der Waals surface area (Å²) in [4.78, 5) is 8.58. The Bertz CT molecular complexity index is 1110. The van der Waals surface area contributed by atoms with Gasteiger partial charge in [-0.2, -0.15) is 20.5 Å². The van der Waals surface area contributed by atoms with Crippen molar-refractivity contribution in [3.05, 3.63) is 68.3 Å². The Hall–Kier alpha value is -3.13. The molecule has 0 unspecified atom stereocenters. The number of ether oxygens (including phenoxy) is 1. The van der Waals surface area contributed by atoms with Gasteiger partial charge in [-0.3, -0.25) is 0 Å². The highest BCUT2D eigenvalue weighted by Gasteiger charge is 2.16. The van der Waals surface area contributed by atoms with Crippen molar-refractivity contribution < 1.29 is 4.74 Å². The molecule has 166 valence electrons. The van der Waals surface area contributed by atoms with Crippen LogP contribution in [0.1, 0.15) is 49.9 Å². The van der Waals surface area contributed by atoms with E-state index in [-0.39, 0.29) is 17.0 Å². The van der Waals surface area contributed by atoms with Crippen molar-refractivity contribution in [1.29, 1.82) is 10.5 Å². The highest BCUT2D eigenvalue weighted by atomic mass is 79.9. The van der Waals surface area contributed by atoms with Crippen LogP contribution in [0.3, 0.4) is 0 Å². The van der Waals surface area contributed by atoms with E-state index >= 15 is 0 Å². The molecule has 1 heterocycles. The second-order valence-corrected chi connectivity index (χ2v) is 7.08. The molecule has 1 aromatic heterocycles. The lowest BCUT2D eigenvalue weighted by atomic mass is 10.1. The van der Waals surface area contributed by atoms with Gasteiger partial charge < -0.3 is 10.1 Å². The van der Waals surface area contributed by atoms with Crippen molar-refractivity contribution in [3.8, 4) is 23.8 Å². The predicted molar refractivity (Wildman–Crippen MR) is 133 cm³/mol. The molecule has 8 heteroatoms. The van der Waals surface area contributed by atoms with Crippen LogP contribution in [0.5, 0.6) is 11.6 Å². The number of aryl methyl sites for hydroxylation is 2. The van der Waals surface area contributed by atoms with Crippen LogP contribution in [-0.2, 0) is 0 Å². The SMILES string of the molecule is CC.CC.Cc1cc(C#N)cc(C)c1Oc1nc(Nc2ccc(C#N)cc2)nc(Cl)c1Br. The average molecular weight is 515 g/mol. The fraction of sp³-hybridized carbons (Fsp3) is 0.250. The molecular weight excluding hydrogens is 490 g/mol. The third-order valence-electron chi connectivity index (χ3n) is 3.84. The molecule has 32 heavy (non-hydrogen) atoms. The lowest BCUT2D eigenvalue weighted by Crippen LogP contribution is -2.02. The van der Waals surface area contributed by atoms with Gasteiger partial charge in [0, 0.05) is 5.69 Å². The zero-order chi connectivity index (χ0) is 24.3. The van der Waals surface area contributed by atoms with Gasteiger partial charge in [-0.15, -0.1) is 0 Å². The number of nitriles is 2. The van der Waals surface area contributed by atoms with Crippen molar-refractivity contribution in [2.45, 2.75) is 41.5 Å². The molecule has 6 nitrogen and oxygen atoms in total. The highest BCUT2D eigenvalue weighted by Crippen LogP contribution is 2.36. The van der Waals surface area contributed by atoms with E-state index in [2.05, 4.69) is 43.4 Å². The molecule has 0 saturated heterocycles. The van der Waals surface area contributed by atoms with Crippen LogP contribution in [0.4, 0.5) is 11.6 Å². The first-order valence-electron chi connectivity index (χ1n) is 10.1. The third-order valence-corrected chi connectivity index (χ3v) is 5.06. The number of halogens is 2. The molecule has 1 N–H and O–H groups in total. The van der Waals surface area contributed by atoms with Gasteiger partial charge in [-0.1, -0.05) is 39.3 Å². The van der Waals surface area contributed by atoms with E-state index in [1.54, 1.807) is 36.4 Å². The molecule has 0 aliphatic rings. The molecule has 0 aliphatic heterocycles. The number of nitrogens with one attached hydrogen (secondary N) is 1. The van der Waals surface area contributed by atoms with E-state index in [0.717, 1.165) is 11.1 Å². The average Bonchev–Trinajstić information content (AvgIpc) is 2.82.